The van der Waals surface area contributed by atoms with Crippen molar-refractivity contribution in [2.45, 2.75) is 98.5 Å². The van der Waals surface area contributed by atoms with Gasteiger partial charge in [0.1, 0.15) is 0 Å². The maximum Gasteiger partial charge on any atom is 0.225 e. The Hall–Kier alpha value is -0.653. The zero-order valence-corrected chi connectivity index (χ0v) is 21.1. The number of amides is 1. The minimum Gasteiger partial charge on any atom is -0.413 e. The first-order chi connectivity index (χ1) is 12.7. The topological polar surface area (TPSA) is 58.6 Å². The standard InChI is InChI=1S/C23H47NO3Si/c1-12-17(4)20(13-2)24-22(26)19(6)21(18(5)14-16(3)15-25)27-28(10,11)23(7,8)9/h12,16-21,25H,1,13-15H2,2-11H3,(H,24,26)/t16-,17-,18+,19-,20-,21+/m1/s1. The van der Waals surface area contributed by atoms with Gasteiger partial charge in [0.2, 0.25) is 5.91 Å². The second-order valence-electron chi connectivity index (χ2n) is 10.3. The van der Waals surface area contributed by atoms with Crippen LogP contribution in [0.4, 0.5) is 0 Å². The van der Waals surface area contributed by atoms with E-state index < -0.39 is 8.32 Å². The largest absolute Gasteiger partial charge is 0.413 e. The first kappa shape index (κ1) is 27.3. The van der Waals surface area contributed by atoms with E-state index in [0.29, 0.717) is 0 Å². The summed E-state index contributed by atoms with van der Waals surface area (Å²) in [6.45, 7) is 25.5. The summed E-state index contributed by atoms with van der Waals surface area (Å²) in [5, 5.41) is 12.8. The van der Waals surface area contributed by atoms with E-state index in [0.717, 1.165) is 12.8 Å². The Labute approximate surface area is 175 Å². The van der Waals surface area contributed by atoms with E-state index in [1.54, 1.807) is 0 Å². The summed E-state index contributed by atoms with van der Waals surface area (Å²) in [4.78, 5) is 13.1. The highest BCUT2D eigenvalue weighted by molar-refractivity contribution is 6.74. The molecule has 0 unspecified atom stereocenters. The number of carbonyl (C=O) groups is 1. The van der Waals surface area contributed by atoms with E-state index >= 15 is 0 Å². The van der Waals surface area contributed by atoms with Crippen LogP contribution in [-0.4, -0.2) is 38.1 Å². The normalized spacial score (nSPS) is 19.2. The van der Waals surface area contributed by atoms with Gasteiger partial charge in [-0.05, 0) is 48.7 Å². The fourth-order valence-electron chi connectivity index (χ4n) is 3.30. The predicted molar refractivity (Wildman–Crippen MR) is 123 cm³/mol. The number of rotatable bonds is 12. The fraction of sp³-hybridized carbons (Fsp3) is 0.870. The van der Waals surface area contributed by atoms with Crippen LogP contribution in [0.15, 0.2) is 12.7 Å². The second kappa shape index (κ2) is 11.5. The van der Waals surface area contributed by atoms with Gasteiger partial charge in [-0.3, -0.25) is 4.79 Å². The highest BCUT2D eigenvalue weighted by atomic mass is 28.4. The van der Waals surface area contributed by atoms with Gasteiger partial charge in [-0.2, -0.15) is 0 Å². The van der Waals surface area contributed by atoms with Gasteiger partial charge < -0.3 is 14.8 Å². The van der Waals surface area contributed by atoms with Gasteiger partial charge in [0.25, 0.3) is 0 Å². The number of nitrogens with one attached hydrogen (secondary N) is 1. The van der Waals surface area contributed by atoms with Gasteiger partial charge in [-0.25, -0.2) is 0 Å². The van der Waals surface area contributed by atoms with Gasteiger partial charge in [0.15, 0.2) is 8.32 Å². The van der Waals surface area contributed by atoms with Crippen LogP contribution in [0.1, 0.15) is 68.2 Å². The zero-order valence-electron chi connectivity index (χ0n) is 20.1. The summed E-state index contributed by atoms with van der Waals surface area (Å²) in [6.07, 6.45) is 3.45. The molecule has 0 spiro atoms. The van der Waals surface area contributed by atoms with Crippen LogP contribution in [0.25, 0.3) is 0 Å². The molecule has 0 rings (SSSR count). The second-order valence-corrected chi connectivity index (χ2v) is 15.0. The molecule has 1 amide bonds. The highest BCUT2D eigenvalue weighted by Gasteiger charge is 2.43. The highest BCUT2D eigenvalue weighted by Crippen LogP contribution is 2.39. The van der Waals surface area contributed by atoms with Crippen molar-refractivity contribution in [1.29, 1.82) is 0 Å². The number of carbonyl (C=O) groups excluding carboxylic acids is 1. The summed E-state index contributed by atoms with van der Waals surface area (Å²) in [5.41, 5.74) is 0. The molecule has 0 heterocycles. The molecule has 0 aromatic rings. The third kappa shape index (κ3) is 8.00. The molecule has 0 bridgehead atoms. The number of aliphatic hydroxyl groups excluding tert-OH is 1. The lowest BCUT2D eigenvalue weighted by atomic mass is 9.86. The summed E-state index contributed by atoms with van der Waals surface area (Å²) in [5.74, 6) is 0.412. The quantitative estimate of drug-likeness (QED) is 0.333. The maximum atomic E-state index is 13.1. The molecule has 0 saturated carbocycles. The van der Waals surface area contributed by atoms with Gasteiger partial charge in [0, 0.05) is 12.6 Å². The van der Waals surface area contributed by atoms with E-state index in [9.17, 15) is 9.90 Å². The van der Waals surface area contributed by atoms with Crippen LogP contribution < -0.4 is 5.32 Å². The average Bonchev–Trinajstić information content (AvgIpc) is 2.61. The molecular weight excluding hydrogens is 366 g/mol. The van der Waals surface area contributed by atoms with Crippen LogP contribution in [0, 0.1) is 23.7 Å². The molecule has 0 aromatic heterocycles. The van der Waals surface area contributed by atoms with Gasteiger partial charge >= 0.3 is 0 Å². The summed E-state index contributed by atoms with van der Waals surface area (Å²) < 4.78 is 6.77. The maximum absolute atomic E-state index is 13.1. The van der Waals surface area contributed by atoms with Crippen LogP contribution in [0.2, 0.25) is 18.1 Å². The molecule has 0 radical (unpaired) electrons. The van der Waals surface area contributed by atoms with Gasteiger partial charge in [0.05, 0.1) is 12.0 Å². The Balaban J connectivity index is 5.58. The Morgan fingerprint density at radius 2 is 1.75 bits per heavy atom. The van der Waals surface area contributed by atoms with Gasteiger partial charge in [-0.15, -0.1) is 6.58 Å². The summed E-state index contributed by atoms with van der Waals surface area (Å²) >= 11 is 0. The first-order valence-electron chi connectivity index (χ1n) is 10.9. The zero-order chi connectivity index (χ0) is 22.3. The number of aliphatic hydroxyl groups is 1. The van der Waals surface area contributed by atoms with Crippen LogP contribution >= 0.6 is 0 Å². The lowest BCUT2D eigenvalue weighted by Gasteiger charge is -2.43. The number of hydrogen-bond donors (Lipinski definition) is 2. The average molecular weight is 414 g/mol. The van der Waals surface area contributed by atoms with Crippen molar-refractivity contribution < 1.29 is 14.3 Å². The molecule has 0 saturated heterocycles. The van der Waals surface area contributed by atoms with Crippen LogP contribution in [0.3, 0.4) is 0 Å². The Kier molecular flexibility index (Phi) is 11.2. The van der Waals surface area contributed by atoms with E-state index in [1.807, 2.05) is 19.9 Å². The molecule has 0 aliphatic carbocycles. The molecule has 0 aromatic carbocycles. The minimum absolute atomic E-state index is 0.0489. The Morgan fingerprint density at radius 3 is 2.14 bits per heavy atom. The third-order valence-corrected chi connectivity index (χ3v) is 11.0. The monoisotopic (exact) mass is 413 g/mol. The lowest BCUT2D eigenvalue weighted by molar-refractivity contribution is -0.129. The summed E-state index contributed by atoms with van der Waals surface area (Å²) in [6, 6.07) is 0.0904. The van der Waals surface area contributed by atoms with E-state index in [-0.39, 0.29) is 53.4 Å². The first-order valence-corrected chi connectivity index (χ1v) is 13.8. The van der Waals surface area contributed by atoms with Crippen molar-refractivity contribution in [3.63, 3.8) is 0 Å². The summed E-state index contributed by atoms with van der Waals surface area (Å²) in [7, 11) is -2.04. The SMILES string of the molecule is C=C[C@@H](C)[C@@H](CC)NC(=O)[C@H](C)[C@@H](O[Si](C)(C)C(C)(C)C)[C@@H](C)C[C@@H](C)CO. The smallest absolute Gasteiger partial charge is 0.225 e. The van der Waals surface area contributed by atoms with E-state index in [1.165, 1.54) is 0 Å². The van der Waals surface area contributed by atoms with E-state index in [4.69, 9.17) is 4.43 Å². The van der Waals surface area contributed by atoms with Crippen molar-refractivity contribution in [2.24, 2.45) is 23.7 Å². The molecular formula is C23H47NO3Si. The molecule has 166 valence electrons. The molecule has 0 aliphatic rings. The van der Waals surface area contributed by atoms with Crippen LogP contribution in [0.5, 0.6) is 0 Å². The van der Waals surface area contributed by atoms with E-state index in [2.05, 4.69) is 66.5 Å². The fourth-order valence-corrected chi connectivity index (χ4v) is 4.77. The molecule has 28 heavy (non-hydrogen) atoms. The molecule has 4 nitrogen and oxygen atoms in total. The van der Waals surface area contributed by atoms with Gasteiger partial charge in [-0.1, -0.05) is 61.5 Å². The molecule has 0 aliphatic heterocycles. The van der Waals surface area contributed by atoms with Crippen molar-refractivity contribution in [3.05, 3.63) is 12.7 Å². The minimum atomic E-state index is -2.04. The molecule has 0 fully saturated rings. The lowest BCUT2D eigenvalue weighted by Crippen LogP contribution is -2.51. The molecule has 6 atom stereocenters. The third-order valence-electron chi connectivity index (χ3n) is 6.56. The molecule has 2 N–H and O–H groups in total. The van der Waals surface area contributed by atoms with Crippen LogP contribution in [-0.2, 0) is 9.22 Å². The van der Waals surface area contributed by atoms with Crippen molar-refractivity contribution in [3.8, 4) is 0 Å². The van der Waals surface area contributed by atoms with Crippen molar-refractivity contribution in [1.82, 2.24) is 5.32 Å². The Bertz CT molecular complexity index is 487. The predicted octanol–water partition coefficient (Wildman–Crippen LogP) is 5.38. The van der Waals surface area contributed by atoms with Crippen molar-refractivity contribution >= 4 is 14.2 Å². The Morgan fingerprint density at radius 1 is 1.21 bits per heavy atom. The molecule has 5 heteroatoms. The number of hydrogen-bond acceptors (Lipinski definition) is 3. The van der Waals surface area contributed by atoms with Crippen molar-refractivity contribution in [2.75, 3.05) is 6.61 Å².